The predicted octanol–water partition coefficient (Wildman–Crippen LogP) is 0.975. The molecule has 1 unspecified atom stereocenters. The van der Waals surface area contributed by atoms with E-state index in [2.05, 4.69) is 36.6 Å². The number of nitrogens with one attached hydrogen (secondary N) is 2. The molecule has 100 valence electrons. The maximum absolute atomic E-state index is 11.7. The molecule has 0 aromatic carbocycles. The van der Waals surface area contributed by atoms with Gasteiger partial charge in [-0.15, -0.1) is 0 Å². The summed E-state index contributed by atoms with van der Waals surface area (Å²) in [5.74, 6) is 0.142. The maximum Gasteiger partial charge on any atom is 0.234 e. The minimum Gasteiger partial charge on any atom is -0.352 e. The highest BCUT2D eigenvalue weighted by Gasteiger charge is 2.15. The van der Waals surface area contributed by atoms with E-state index in [1.54, 1.807) is 0 Å². The van der Waals surface area contributed by atoms with Crippen LogP contribution < -0.4 is 10.6 Å². The smallest absolute Gasteiger partial charge is 0.234 e. The Bertz CT molecular complexity index is 225. The lowest BCUT2D eigenvalue weighted by molar-refractivity contribution is -0.121. The van der Waals surface area contributed by atoms with Gasteiger partial charge in [-0.25, -0.2) is 0 Å². The lowest BCUT2D eigenvalue weighted by Gasteiger charge is -2.23. The van der Waals surface area contributed by atoms with Gasteiger partial charge in [0.05, 0.1) is 6.54 Å². The molecule has 2 N–H and O–H groups in total. The highest BCUT2D eigenvalue weighted by atomic mass is 16.1. The van der Waals surface area contributed by atoms with Gasteiger partial charge in [0, 0.05) is 18.6 Å². The van der Waals surface area contributed by atoms with Crippen LogP contribution in [-0.2, 0) is 4.79 Å². The quantitative estimate of drug-likeness (QED) is 0.728. The zero-order valence-corrected chi connectivity index (χ0v) is 11.5. The molecule has 1 amide bonds. The van der Waals surface area contributed by atoms with E-state index in [9.17, 15) is 4.79 Å². The van der Waals surface area contributed by atoms with Gasteiger partial charge in [-0.1, -0.05) is 19.3 Å². The predicted molar refractivity (Wildman–Crippen MR) is 71.0 cm³/mol. The van der Waals surface area contributed by atoms with Crippen molar-refractivity contribution < 1.29 is 4.79 Å². The van der Waals surface area contributed by atoms with Gasteiger partial charge < -0.3 is 15.5 Å². The summed E-state index contributed by atoms with van der Waals surface area (Å²) >= 11 is 0. The topological polar surface area (TPSA) is 44.4 Å². The van der Waals surface area contributed by atoms with Crippen LogP contribution in [0.25, 0.3) is 0 Å². The second kappa shape index (κ2) is 7.67. The molecule has 1 aliphatic rings. The van der Waals surface area contributed by atoms with Gasteiger partial charge in [0.15, 0.2) is 0 Å². The van der Waals surface area contributed by atoms with Crippen molar-refractivity contribution in [1.82, 2.24) is 15.5 Å². The summed E-state index contributed by atoms with van der Waals surface area (Å²) in [4.78, 5) is 13.8. The summed E-state index contributed by atoms with van der Waals surface area (Å²) in [5, 5.41) is 6.31. The van der Waals surface area contributed by atoms with E-state index in [0.717, 1.165) is 19.4 Å². The summed E-state index contributed by atoms with van der Waals surface area (Å²) < 4.78 is 0. The highest BCUT2D eigenvalue weighted by molar-refractivity contribution is 5.78. The van der Waals surface area contributed by atoms with Crippen molar-refractivity contribution in [3.05, 3.63) is 0 Å². The fraction of sp³-hybridized carbons (Fsp3) is 0.923. The zero-order valence-electron chi connectivity index (χ0n) is 11.5. The van der Waals surface area contributed by atoms with Crippen molar-refractivity contribution in [2.24, 2.45) is 0 Å². The van der Waals surface area contributed by atoms with Crippen molar-refractivity contribution in [2.45, 2.75) is 51.1 Å². The van der Waals surface area contributed by atoms with Crippen molar-refractivity contribution in [3.8, 4) is 0 Å². The minimum atomic E-state index is 0.142. The summed E-state index contributed by atoms with van der Waals surface area (Å²) in [5.41, 5.74) is 0. The fourth-order valence-electron chi connectivity index (χ4n) is 2.10. The Kier molecular flexibility index (Phi) is 6.52. The van der Waals surface area contributed by atoms with Gasteiger partial charge in [-0.2, -0.15) is 0 Å². The first-order valence-electron chi connectivity index (χ1n) is 6.76. The monoisotopic (exact) mass is 241 g/mol. The summed E-state index contributed by atoms with van der Waals surface area (Å²) in [6.45, 7) is 3.44. The van der Waals surface area contributed by atoms with Gasteiger partial charge >= 0.3 is 0 Å². The molecular weight excluding hydrogens is 214 g/mol. The molecule has 17 heavy (non-hydrogen) atoms. The Morgan fingerprint density at radius 1 is 1.29 bits per heavy atom. The van der Waals surface area contributed by atoms with Crippen LogP contribution in [0.5, 0.6) is 0 Å². The van der Waals surface area contributed by atoms with Gasteiger partial charge in [-0.05, 0) is 33.9 Å². The number of amides is 1. The molecule has 0 aromatic heterocycles. The molecule has 0 saturated heterocycles. The number of nitrogens with zero attached hydrogens (tertiary/aromatic N) is 1. The third-order valence-corrected chi connectivity index (χ3v) is 3.58. The Labute approximate surface area is 105 Å². The Morgan fingerprint density at radius 2 is 1.94 bits per heavy atom. The Balaban J connectivity index is 2.08. The molecule has 0 aromatic rings. The van der Waals surface area contributed by atoms with Crippen LogP contribution in [0.2, 0.25) is 0 Å². The molecule has 1 aliphatic carbocycles. The molecular formula is C13H27N3O. The summed E-state index contributed by atoms with van der Waals surface area (Å²) in [6, 6.07) is 0.877. The van der Waals surface area contributed by atoms with Gasteiger partial charge in [0.25, 0.3) is 0 Å². The van der Waals surface area contributed by atoms with E-state index in [4.69, 9.17) is 0 Å². The standard InChI is InChI=1S/C13H27N3O/c1-11(16(2)3)9-14-10-13(17)15-12-7-5-4-6-8-12/h11-12,14H,4-10H2,1-3H3,(H,15,17). The van der Waals surface area contributed by atoms with E-state index in [0.29, 0.717) is 18.6 Å². The number of rotatable bonds is 6. The molecule has 1 saturated carbocycles. The second-order valence-corrected chi connectivity index (χ2v) is 5.35. The number of hydrogen-bond acceptors (Lipinski definition) is 3. The molecule has 0 bridgehead atoms. The van der Waals surface area contributed by atoms with Crippen molar-refractivity contribution in [3.63, 3.8) is 0 Å². The molecule has 1 fully saturated rings. The minimum absolute atomic E-state index is 0.142. The van der Waals surface area contributed by atoms with E-state index in [-0.39, 0.29) is 5.91 Å². The second-order valence-electron chi connectivity index (χ2n) is 5.35. The molecule has 1 atom stereocenters. The van der Waals surface area contributed by atoms with Crippen LogP contribution in [0.3, 0.4) is 0 Å². The molecule has 0 heterocycles. The van der Waals surface area contributed by atoms with E-state index in [1.165, 1.54) is 19.3 Å². The zero-order chi connectivity index (χ0) is 12.7. The maximum atomic E-state index is 11.7. The molecule has 4 heteroatoms. The van der Waals surface area contributed by atoms with Gasteiger partial charge in [-0.3, -0.25) is 4.79 Å². The van der Waals surface area contributed by atoms with Crippen molar-refractivity contribution >= 4 is 5.91 Å². The normalized spacial score (nSPS) is 19.3. The van der Waals surface area contributed by atoms with Gasteiger partial charge in [0.2, 0.25) is 5.91 Å². The Hall–Kier alpha value is -0.610. The van der Waals surface area contributed by atoms with Crippen LogP contribution in [0.15, 0.2) is 0 Å². The average Bonchev–Trinajstić information content (AvgIpc) is 2.30. The van der Waals surface area contributed by atoms with E-state index >= 15 is 0 Å². The molecule has 0 aliphatic heterocycles. The first-order valence-corrected chi connectivity index (χ1v) is 6.76. The van der Waals surface area contributed by atoms with Gasteiger partial charge in [0.1, 0.15) is 0 Å². The largest absolute Gasteiger partial charge is 0.352 e. The number of likely N-dealkylation sites (N-methyl/N-ethyl adjacent to an activating group) is 1. The van der Waals surface area contributed by atoms with E-state index < -0.39 is 0 Å². The van der Waals surface area contributed by atoms with Crippen LogP contribution in [0.4, 0.5) is 0 Å². The lowest BCUT2D eigenvalue weighted by atomic mass is 9.95. The number of hydrogen-bond donors (Lipinski definition) is 2. The van der Waals surface area contributed by atoms with E-state index in [1.807, 2.05) is 0 Å². The molecule has 1 rings (SSSR count). The lowest BCUT2D eigenvalue weighted by Crippen LogP contribution is -2.44. The molecule has 0 radical (unpaired) electrons. The summed E-state index contributed by atoms with van der Waals surface area (Å²) in [7, 11) is 4.10. The average molecular weight is 241 g/mol. The molecule has 0 spiro atoms. The number of carbonyl (C=O) groups is 1. The SMILES string of the molecule is CC(CNCC(=O)NC1CCCCC1)N(C)C. The first-order chi connectivity index (χ1) is 8.09. The molecule has 4 nitrogen and oxygen atoms in total. The third kappa shape index (κ3) is 6.03. The van der Waals surface area contributed by atoms with Crippen molar-refractivity contribution in [2.75, 3.05) is 27.2 Å². The van der Waals surface area contributed by atoms with Crippen molar-refractivity contribution in [1.29, 1.82) is 0 Å². The number of carbonyl (C=O) groups excluding carboxylic acids is 1. The highest BCUT2D eigenvalue weighted by Crippen LogP contribution is 2.16. The van der Waals surface area contributed by atoms with Crippen LogP contribution in [0, 0.1) is 0 Å². The Morgan fingerprint density at radius 3 is 2.53 bits per heavy atom. The van der Waals surface area contributed by atoms with Crippen LogP contribution in [-0.4, -0.2) is 50.1 Å². The van der Waals surface area contributed by atoms with Crippen LogP contribution in [0.1, 0.15) is 39.0 Å². The first kappa shape index (κ1) is 14.5. The third-order valence-electron chi connectivity index (χ3n) is 3.58. The summed E-state index contributed by atoms with van der Waals surface area (Å²) in [6.07, 6.45) is 6.15. The van der Waals surface area contributed by atoms with Crippen LogP contribution >= 0.6 is 0 Å². The fourth-order valence-corrected chi connectivity index (χ4v) is 2.10.